The van der Waals surface area contributed by atoms with Gasteiger partial charge in [-0.15, -0.1) is 0 Å². The van der Waals surface area contributed by atoms with Crippen LogP contribution in [0.5, 0.6) is 0 Å². The third kappa shape index (κ3) is 1.61. The first-order valence-corrected chi connectivity index (χ1v) is 5.14. The van der Waals surface area contributed by atoms with Crippen LogP contribution in [-0.2, 0) is 0 Å². The molecule has 14 heavy (non-hydrogen) atoms. The molecule has 0 aliphatic carbocycles. The van der Waals surface area contributed by atoms with E-state index in [-0.39, 0.29) is 0 Å². The fraction of sp³-hybridized carbons (Fsp3) is 0.200. The lowest BCUT2D eigenvalue weighted by Gasteiger charge is -1.98. The molecule has 2 heterocycles. The highest BCUT2D eigenvalue weighted by atomic mass is 32.1. The van der Waals surface area contributed by atoms with Gasteiger partial charge in [-0.2, -0.15) is 0 Å². The molecule has 0 atom stereocenters. The van der Waals surface area contributed by atoms with Crippen molar-refractivity contribution in [3.63, 3.8) is 0 Å². The van der Waals surface area contributed by atoms with Gasteiger partial charge in [0, 0.05) is 6.20 Å². The van der Waals surface area contributed by atoms with Gasteiger partial charge in [0.05, 0.1) is 16.3 Å². The second kappa shape index (κ2) is 3.38. The molecule has 0 amide bonds. The third-order valence-corrected chi connectivity index (χ3v) is 2.97. The summed E-state index contributed by atoms with van der Waals surface area (Å²) in [7, 11) is 0. The van der Waals surface area contributed by atoms with Crippen molar-refractivity contribution in [3.05, 3.63) is 29.6 Å². The summed E-state index contributed by atoms with van der Waals surface area (Å²) in [6, 6.07) is 4.02. The molecule has 4 heteroatoms. The third-order valence-electron chi connectivity index (χ3n) is 1.96. The second-order valence-electron chi connectivity index (χ2n) is 3.19. The van der Waals surface area contributed by atoms with Crippen LogP contribution in [0.3, 0.4) is 0 Å². The summed E-state index contributed by atoms with van der Waals surface area (Å²) in [5, 5.41) is 0.598. The molecule has 2 rings (SSSR count). The first kappa shape index (κ1) is 9.15. The highest BCUT2D eigenvalue weighted by Gasteiger charge is 2.08. The largest absolute Gasteiger partial charge is 0.375 e. The first-order valence-electron chi connectivity index (χ1n) is 4.33. The zero-order valence-corrected chi connectivity index (χ0v) is 8.93. The van der Waals surface area contributed by atoms with Gasteiger partial charge in [-0.1, -0.05) is 11.3 Å². The van der Waals surface area contributed by atoms with Crippen molar-refractivity contribution in [2.24, 2.45) is 0 Å². The van der Waals surface area contributed by atoms with Crippen LogP contribution in [0.4, 0.5) is 5.13 Å². The SMILES string of the molecule is Cc1ccnc(-c2sc(N)nc2C)c1. The number of anilines is 1. The van der Waals surface area contributed by atoms with Crippen LogP contribution < -0.4 is 5.73 Å². The Kier molecular flexibility index (Phi) is 2.21. The van der Waals surface area contributed by atoms with E-state index in [1.165, 1.54) is 16.9 Å². The van der Waals surface area contributed by atoms with E-state index in [0.717, 1.165) is 16.3 Å². The Hall–Kier alpha value is -1.42. The fourth-order valence-electron chi connectivity index (χ4n) is 1.32. The smallest absolute Gasteiger partial charge is 0.180 e. The number of nitrogens with two attached hydrogens (primary N) is 1. The predicted octanol–water partition coefficient (Wildman–Crippen LogP) is 2.40. The molecule has 0 saturated heterocycles. The van der Waals surface area contributed by atoms with Crippen LogP contribution in [0, 0.1) is 13.8 Å². The number of hydrogen-bond donors (Lipinski definition) is 1. The van der Waals surface area contributed by atoms with Crippen molar-refractivity contribution in [1.29, 1.82) is 0 Å². The number of aryl methyl sites for hydroxylation is 2. The maximum atomic E-state index is 5.63. The molecule has 0 radical (unpaired) electrons. The van der Waals surface area contributed by atoms with Gasteiger partial charge in [0.15, 0.2) is 5.13 Å². The van der Waals surface area contributed by atoms with E-state index in [0.29, 0.717) is 5.13 Å². The number of aromatic nitrogens is 2. The Balaban J connectivity index is 2.54. The molecule has 2 N–H and O–H groups in total. The lowest BCUT2D eigenvalue weighted by molar-refractivity contribution is 1.24. The number of nitrogen functional groups attached to an aromatic ring is 1. The molecule has 0 aliphatic heterocycles. The maximum Gasteiger partial charge on any atom is 0.180 e. The molecule has 0 aliphatic rings. The van der Waals surface area contributed by atoms with Crippen LogP contribution in [-0.4, -0.2) is 9.97 Å². The second-order valence-corrected chi connectivity index (χ2v) is 4.22. The van der Waals surface area contributed by atoms with Gasteiger partial charge in [0.25, 0.3) is 0 Å². The highest BCUT2D eigenvalue weighted by molar-refractivity contribution is 7.18. The highest BCUT2D eigenvalue weighted by Crippen LogP contribution is 2.29. The van der Waals surface area contributed by atoms with Crippen LogP contribution in [0.15, 0.2) is 18.3 Å². The average molecular weight is 205 g/mol. The molecule has 0 fully saturated rings. The van der Waals surface area contributed by atoms with Crippen molar-refractivity contribution < 1.29 is 0 Å². The maximum absolute atomic E-state index is 5.63. The molecule has 3 nitrogen and oxygen atoms in total. The molecule has 0 saturated carbocycles. The molecular weight excluding hydrogens is 194 g/mol. The number of thiazole rings is 1. The van der Waals surface area contributed by atoms with Gasteiger partial charge in [-0.05, 0) is 31.5 Å². The summed E-state index contributed by atoms with van der Waals surface area (Å²) in [4.78, 5) is 9.53. The zero-order valence-electron chi connectivity index (χ0n) is 8.11. The summed E-state index contributed by atoms with van der Waals surface area (Å²) in [6.07, 6.45) is 1.81. The Morgan fingerprint density at radius 3 is 2.71 bits per heavy atom. The van der Waals surface area contributed by atoms with E-state index in [1.807, 2.05) is 26.0 Å². The van der Waals surface area contributed by atoms with Crippen molar-refractivity contribution in [2.75, 3.05) is 5.73 Å². The molecule has 0 aromatic carbocycles. The topological polar surface area (TPSA) is 51.8 Å². The van der Waals surface area contributed by atoms with Gasteiger partial charge in [0.2, 0.25) is 0 Å². The van der Waals surface area contributed by atoms with Crippen molar-refractivity contribution in [1.82, 2.24) is 9.97 Å². The Morgan fingerprint density at radius 1 is 1.36 bits per heavy atom. The van der Waals surface area contributed by atoms with Gasteiger partial charge in [-0.25, -0.2) is 4.98 Å². The summed E-state index contributed by atoms with van der Waals surface area (Å²) >= 11 is 1.48. The molecule has 0 spiro atoms. The standard InChI is InChI=1S/C10H11N3S/c1-6-3-4-12-8(5-6)9-7(2)13-10(11)14-9/h3-5H,1-2H3,(H2,11,13). The molecule has 2 aromatic heterocycles. The zero-order chi connectivity index (χ0) is 10.1. The molecule has 72 valence electrons. The molecule has 2 aromatic rings. The first-order chi connectivity index (χ1) is 6.66. The minimum absolute atomic E-state index is 0.598. The Labute approximate surface area is 86.6 Å². The van der Waals surface area contributed by atoms with E-state index >= 15 is 0 Å². The van der Waals surface area contributed by atoms with Gasteiger partial charge < -0.3 is 5.73 Å². The van der Waals surface area contributed by atoms with Gasteiger partial charge in [-0.3, -0.25) is 4.98 Å². The monoisotopic (exact) mass is 205 g/mol. The van der Waals surface area contributed by atoms with Crippen LogP contribution in [0.1, 0.15) is 11.3 Å². The number of hydrogen-bond acceptors (Lipinski definition) is 4. The Bertz CT molecular complexity index is 462. The quantitative estimate of drug-likeness (QED) is 0.777. The van der Waals surface area contributed by atoms with E-state index < -0.39 is 0 Å². The van der Waals surface area contributed by atoms with Crippen molar-refractivity contribution in [3.8, 4) is 10.6 Å². The van der Waals surface area contributed by atoms with Gasteiger partial charge >= 0.3 is 0 Å². The van der Waals surface area contributed by atoms with Gasteiger partial charge in [0.1, 0.15) is 0 Å². The summed E-state index contributed by atoms with van der Waals surface area (Å²) in [5.41, 5.74) is 8.74. The van der Waals surface area contributed by atoms with E-state index in [1.54, 1.807) is 6.20 Å². The van der Waals surface area contributed by atoms with Crippen LogP contribution in [0.25, 0.3) is 10.6 Å². The molecular formula is C10H11N3S. The predicted molar refractivity (Wildman–Crippen MR) is 59.2 cm³/mol. The average Bonchev–Trinajstić information content (AvgIpc) is 2.45. The lowest BCUT2D eigenvalue weighted by atomic mass is 10.2. The van der Waals surface area contributed by atoms with E-state index in [9.17, 15) is 0 Å². The number of nitrogens with zero attached hydrogens (tertiary/aromatic N) is 2. The molecule has 0 unspecified atom stereocenters. The van der Waals surface area contributed by atoms with E-state index in [4.69, 9.17) is 5.73 Å². The van der Waals surface area contributed by atoms with Crippen molar-refractivity contribution in [2.45, 2.75) is 13.8 Å². The minimum atomic E-state index is 0.598. The Morgan fingerprint density at radius 2 is 2.14 bits per heavy atom. The number of rotatable bonds is 1. The fourth-order valence-corrected chi connectivity index (χ4v) is 2.12. The number of pyridine rings is 1. The van der Waals surface area contributed by atoms with Crippen molar-refractivity contribution >= 4 is 16.5 Å². The van der Waals surface area contributed by atoms with Crippen LogP contribution >= 0.6 is 11.3 Å². The van der Waals surface area contributed by atoms with E-state index in [2.05, 4.69) is 9.97 Å². The lowest BCUT2D eigenvalue weighted by Crippen LogP contribution is -1.84. The minimum Gasteiger partial charge on any atom is -0.375 e. The summed E-state index contributed by atoms with van der Waals surface area (Å²) in [6.45, 7) is 4.00. The summed E-state index contributed by atoms with van der Waals surface area (Å²) < 4.78 is 0. The molecule has 0 bridgehead atoms. The summed E-state index contributed by atoms with van der Waals surface area (Å²) in [5.74, 6) is 0. The normalized spacial score (nSPS) is 10.4. The van der Waals surface area contributed by atoms with Crippen LogP contribution in [0.2, 0.25) is 0 Å².